The van der Waals surface area contributed by atoms with Gasteiger partial charge in [-0.05, 0) is 12.5 Å². The number of primary amides is 1. The fraction of sp³-hybridized carbons (Fsp3) is 0.364. The van der Waals surface area contributed by atoms with Crippen molar-refractivity contribution in [3.8, 4) is 0 Å². The molecule has 15 heavy (non-hydrogen) atoms. The Morgan fingerprint density at radius 3 is 2.60 bits per heavy atom. The summed E-state index contributed by atoms with van der Waals surface area (Å²) in [4.78, 5) is 10.7. The molecule has 0 aliphatic rings. The van der Waals surface area contributed by atoms with Crippen molar-refractivity contribution in [3.05, 3.63) is 35.9 Å². The number of carbonyl (C=O) groups excluding carboxylic acids is 1. The van der Waals surface area contributed by atoms with Gasteiger partial charge in [0.1, 0.15) is 0 Å². The fourth-order valence-corrected chi connectivity index (χ4v) is 1.18. The first-order chi connectivity index (χ1) is 7.11. The summed E-state index contributed by atoms with van der Waals surface area (Å²) in [6, 6.07) is 8.84. The van der Waals surface area contributed by atoms with E-state index in [2.05, 4.69) is 5.32 Å². The zero-order chi connectivity index (χ0) is 11.3. The van der Waals surface area contributed by atoms with Crippen molar-refractivity contribution in [2.75, 3.05) is 6.54 Å². The Labute approximate surface area is 89.1 Å². The van der Waals surface area contributed by atoms with Crippen LogP contribution in [0.3, 0.4) is 0 Å². The van der Waals surface area contributed by atoms with Gasteiger partial charge < -0.3 is 16.2 Å². The zero-order valence-corrected chi connectivity index (χ0v) is 8.68. The molecule has 4 nitrogen and oxygen atoms in total. The number of nitrogens with two attached hydrogens (primary N) is 1. The van der Waals surface area contributed by atoms with Crippen LogP contribution in [-0.4, -0.2) is 23.6 Å². The number of hydrogen-bond acceptors (Lipinski definition) is 3. The SMILES string of the molecule is CC(NCC(O)c1ccccc1)C(N)=O. The van der Waals surface area contributed by atoms with Crippen LogP contribution in [0.15, 0.2) is 30.3 Å². The summed E-state index contributed by atoms with van der Waals surface area (Å²) >= 11 is 0. The van der Waals surface area contributed by atoms with Crippen molar-refractivity contribution in [1.82, 2.24) is 5.32 Å². The van der Waals surface area contributed by atoms with Gasteiger partial charge in [0, 0.05) is 6.54 Å². The highest BCUT2D eigenvalue weighted by atomic mass is 16.3. The van der Waals surface area contributed by atoms with Gasteiger partial charge >= 0.3 is 0 Å². The van der Waals surface area contributed by atoms with Crippen molar-refractivity contribution in [2.24, 2.45) is 5.73 Å². The van der Waals surface area contributed by atoms with Crippen LogP contribution in [0.25, 0.3) is 0 Å². The summed E-state index contributed by atoms with van der Waals surface area (Å²) in [5.41, 5.74) is 5.90. The number of aliphatic hydroxyl groups excluding tert-OH is 1. The molecule has 82 valence electrons. The summed E-state index contributed by atoms with van der Waals surface area (Å²) in [6.07, 6.45) is -0.618. The second kappa shape index (κ2) is 5.48. The quantitative estimate of drug-likeness (QED) is 0.646. The molecule has 2 atom stereocenters. The largest absolute Gasteiger partial charge is 0.387 e. The number of hydrogen-bond donors (Lipinski definition) is 3. The molecule has 1 rings (SSSR count). The summed E-state index contributed by atoms with van der Waals surface area (Å²) in [6.45, 7) is 1.98. The second-order valence-corrected chi connectivity index (χ2v) is 3.46. The predicted molar refractivity (Wildman–Crippen MR) is 58.1 cm³/mol. The standard InChI is InChI=1S/C11H16N2O2/c1-8(11(12)15)13-7-10(14)9-5-3-2-4-6-9/h2-6,8,10,13-14H,7H2,1H3,(H2,12,15). The summed E-state index contributed by atoms with van der Waals surface area (Å²) in [5.74, 6) is -0.421. The van der Waals surface area contributed by atoms with Gasteiger partial charge in [-0.15, -0.1) is 0 Å². The maximum absolute atomic E-state index is 10.7. The molecule has 0 aliphatic heterocycles. The van der Waals surface area contributed by atoms with Gasteiger partial charge in [-0.2, -0.15) is 0 Å². The molecule has 0 radical (unpaired) electrons. The minimum atomic E-state index is -0.618. The third kappa shape index (κ3) is 3.69. The van der Waals surface area contributed by atoms with Crippen molar-refractivity contribution in [3.63, 3.8) is 0 Å². The molecule has 1 aromatic carbocycles. The lowest BCUT2D eigenvalue weighted by molar-refractivity contribution is -0.119. The Morgan fingerprint density at radius 2 is 2.07 bits per heavy atom. The van der Waals surface area contributed by atoms with E-state index in [9.17, 15) is 9.90 Å². The Kier molecular flexibility index (Phi) is 4.27. The van der Waals surface area contributed by atoms with E-state index >= 15 is 0 Å². The lowest BCUT2D eigenvalue weighted by Crippen LogP contribution is -2.40. The van der Waals surface area contributed by atoms with E-state index < -0.39 is 18.1 Å². The average molecular weight is 208 g/mol. The Hall–Kier alpha value is -1.39. The monoisotopic (exact) mass is 208 g/mol. The summed E-state index contributed by atoms with van der Waals surface area (Å²) in [5, 5.41) is 12.6. The summed E-state index contributed by atoms with van der Waals surface area (Å²) < 4.78 is 0. The Bertz CT molecular complexity index is 314. The molecule has 2 unspecified atom stereocenters. The van der Waals surface area contributed by atoms with Crippen LogP contribution < -0.4 is 11.1 Å². The van der Waals surface area contributed by atoms with Crippen molar-refractivity contribution < 1.29 is 9.90 Å². The molecule has 0 spiro atoms. The molecule has 0 saturated carbocycles. The molecule has 0 bridgehead atoms. The average Bonchev–Trinajstić information content (AvgIpc) is 2.26. The van der Waals surface area contributed by atoms with E-state index in [1.54, 1.807) is 6.92 Å². The number of nitrogens with one attached hydrogen (secondary N) is 1. The molecule has 1 amide bonds. The molecule has 0 aromatic heterocycles. The maximum atomic E-state index is 10.7. The Morgan fingerprint density at radius 1 is 1.47 bits per heavy atom. The molecule has 4 heteroatoms. The highest BCUT2D eigenvalue weighted by Gasteiger charge is 2.11. The van der Waals surface area contributed by atoms with Gasteiger partial charge in [0.05, 0.1) is 12.1 Å². The topological polar surface area (TPSA) is 75.3 Å². The molecule has 0 aliphatic carbocycles. The normalized spacial score (nSPS) is 14.5. The molecular formula is C11H16N2O2. The van der Waals surface area contributed by atoms with Gasteiger partial charge in [-0.3, -0.25) is 4.79 Å². The number of amides is 1. The third-order valence-electron chi connectivity index (χ3n) is 2.23. The van der Waals surface area contributed by atoms with Crippen molar-refractivity contribution in [2.45, 2.75) is 19.1 Å². The number of rotatable bonds is 5. The smallest absolute Gasteiger partial charge is 0.234 e. The number of carbonyl (C=O) groups is 1. The third-order valence-corrected chi connectivity index (χ3v) is 2.23. The lowest BCUT2D eigenvalue weighted by atomic mass is 10.1. The van der Waals surface area contributed by atoms with Crippen molar-refractivity contribution >= 4 is 5.91 Å². The van der Waals surface area contributed by atoms with Gasteiger partial charge in [-0.25, -0.2) is 0 Å². The van der Waals surface area contributed by atoms with Gasteiger partial charge in [0.15, 0.2) is 0 Å². The highest BCUT2D eigenvalue weighted by molar-refractivity contribution is 5.79. The van der Waals surface area contributed by atoms with Gasteiger partial charge in [0.25, 0.3) is 0 Å². The zero-order valence-electron chi connectivity index (χ0n) is 8.68. The van der Waals surface area contributed by atoms with Crippen LogP contribution in [0.1, 0.15) is 18.6 Å². The first-order valence-corrected chi connectivity index (χ1v) is 4.87. The minimum absolute atomic E-state index is 0.314. The van der Waals surface area contributed by atoms with E-state index in [0.29, 0.717) is 6.54 Å². The lowest BCUT2D eigenvalue weighted by Gasteiger charge is -2.14. The summed E-state index contributed by atoms with van der Waals surface area (Å²) in [7, 11) is 0. The van der Waals surface area contributed by atoms with Crippen LogP contribution in [0.5, 0.6) is 0 Å². The minimum Gasteiger partial charge on any atom is -0.387 e. The van der Waals surface area contributed by atoms with E-state index in [0.717, 1.165) is 5.56 Å². The van der Waals surface area contributed by atoms with Crippen LogP contribution in [0.4, 0.5) is 0 Å². The van der Waals surface area contributed by atoms with Crippen LogP contribution in [-0.2, 0) is 4.79 Å². The molecule has 0 saturated heterocycles. The first kappa shape index (κ1) is 11.7. The van der Waals surface area contributed by atoms with Crippen LogP contribution >= 0.6 is 0 Å². The number of benzene rings is 1. The highest BCUT2D eigenvalue weighted by Crippen LogP contribution is 2.10. The van der Waals surface area contributed by atoms with Gasteiger partial charge in [0.2, 0.25) is 5.91 Å². The second-order valence-electron chi connectivity index (χ2n) is 3.46. The van der Waals surface area contributed by atoms with E-state index in [1.807, 2.05) is 30.3 Å². The van der Waals surface area contributed by atoms with Crippen LogP contribution in [0, 0.1) is 0 Å². The van der Waals surface area contributed by atoms with E-state index in [4.69, 9.17) is 5.73 Å². The maximum Gasteiger partial charge on any atom is 0.234 e. The van der Waals surface area contributed by atoms with Gasteiger partial charge in [-0.1, -0.05) is 30.3 Å². The fourth-order valence-electron chi connectivity index (χ4n) is 1.18. The Balaban J connectivity index is 2.43. The molecule has 1 aromatic rings. The molecule has 0 heterocycles. The van der Waals surface area contributed by atoms with Crippen molar-refractivity contribution in [1.29, 1.82) is 0 Å². The number of aliphatic hydroxyl groups is 1. The molecule has 0 fully saturated rings. The molecule has 4 N–H and O–H groups in total. The van der Waals surface area contributed by atoms with E-state index in [1.165, 1.54) is 0 Å². The molecular weight excluding hydrogens is 192 g/mol. The van der Waals surface area contributed by atoms with Crippen LogP contribution in [0.2, 0.25) is 0 Å². The van der Waals surface area contributed by atoms with E-state index in [-0.39, 0.29) is 0 Å². The first-order valence-electron chi connectivity index (χ1n) is 4.87. The predicted octanol–water partition coefficient (Wildman–Crippen LogP) is 0.183.